The second-order valence-electron chi connectivity index (χ2n) is 3.01. The Morgan fingerprint density at radius 2 is 1.93 bits per heavy atom. The van der Waals surface area contributed by atoms with Gasteiger partial charge in [0.25, 0.3) is 0 Å². The molecule has 0 amide bonds. The smallest absolute Gasteiger partial charge is 0.271 e. The monoisotopic (exact) mass is 222 g/mol. The van der Waals surface area contributed by atoms with E-state index in [0.717, 1.165) is 12.1 Å². The Bertz CT molecular complexity index is 335. The van der Waals surface area contributed by atoms with E-state index in [-0.39, 0.29) is 12.0 Å². The first-order chi connectivity index (χ1) is 6.95. The first-order valence-corrected chi connectivity index (χ1v) is 4.24. The predicted molar refractivity (Wildman–Crippen MR) is 47.3 cm³/mol. The second-order valence-corrected chi connectivity index (χ2v) is 3.01. The molecule has 0 spiro atoms. The van der Waals surface area contributed by atoms with Gasteiger partial charge in [0.05, 0.1) is 5.56 Å². The van der Waals surface area contributed by atoms with Gasteiger partial charge in [-0.05, 0) is 24.1 Å². The van der Waals surface area contributed by atoms with Crippen LogP contribution >= 0.6 is 0 Å². The van der Waals surface area contributed by atoms with Gasteiger partial charge in [0, 0.05) is 6.54 Å². The number of halogens is 4. The Kier molecular flexibility index (Phi) is 3.65. The van der Waals surface area contributed by atoms with Gasteiger partial charge < -0.3 is 0 Å². The minimum Gasteiger partial charge on any atom is -0.271 e. The SMILES string of the molecule is NNCCc1ccc(C(F)(F)F)cc1F. The van der Waals surface area contributed by atoms with Crippen molar-refractivity contribution in [2.75, 3.05) is 6.54 Å². The number of nitrogens with two attached hydrogens (primary N) is 1. The highest BCUT2D eigenvalue weighted by molar-refractivity contribution is 5.26. The molecule has 0 saturated carbocycles. The molecule has 0 radical (unpaired) electrons. The van der Waals surface area contributed by atoms with E-state index in [1.54, 1.807) is 0 Å². The lowest BCUT2D eigenvalue weighted by atomic mass is 10.1. The minimum atomic E-state index is -4.51. The molecule has 0 aliphatic carbocycles. The maximum atomic E-state index is 13.1. The molecule has 0 fully saturated rings. The minimum absolute atomic E-state index is 0.209. The highest BCUT2D eigenvalue weighted by atomic mass is 19.4. The van der Waals surface area contributed by atoms with E-state index in [1.807, 2.05) is 0 Å². The van der Waals surface area contributed by atoms with Crippen molar-refractivity contribution in [1.82, 2.24) is 5.43 Å². The molecule has 84 valence electrons. The zero-order valence-corrected chi connectivity index (χ0v) is 7.74. The standard InChI is InChI=1S/C9H10F4N2/c10-8-5-7(9(11,12)13)2-1-6(8)3-4-15-14/h1-2,5,15H,3-4,14H2. The van der Waals surface area contributed by atoms with E-state index in [1.165, 1.54) is 0 Å². The lowest BCUT2D eigenvalue weighted by molar-refractivity contribution is -0.137. The molecule has 1 aromatic rings. The van der Waals surface area contributed by atoms with E-state index < -0.39 is 17.6 Å². The van der Waals surface area contributed by atoms with Crippen LogP contribution in [0, 0.1) is 5.82 Å². The van der Waals surface area contributed by atoms with Crippen LogP contribution in [0.1, 0.15) is 11.1 Å². The largest absolute Gasteiger partial charge is 0.416 e. The van der Waals surface area contributed by atoms with Crippen LogP contribution in [0.2, 0.25) is 0 Å². The normalized spacial score (nSPS) is 11.8. The molecule has 0 aliphatic rings. The number of hydrazine groups is 1. The zero-order chi connectivity index (χ0) is 11.5. The Morgan fingerprint density at radius 3 is 2.40 bits per heavy atom. The molecular weight excluding hydrogens is 212 g/mol. The van der Waals surface area contributed by atoms with E-state index in [0.29, 0.717) is 12.6 Å². The van der Waals surface area contributed by atoms with Crippen LogP contribution in [0.15, 0.2) is 18.2 Å². The van der Waals surface area contributed by atoms with Crippen LogP contribution in [0.4, 0.5) is 17.6 Å². The summed E-state index contributed by atoms with van der Waals surface area (Å²) in [5.41, 5.74) is 1.53. The Labute approximate surface area is 84.0 Å². The van der Waals surface area contributed by atoms with E-state index in [9.17, 15) is 17.6 Å². The molecule has 15 heavy (non-hydrogen) atoms. The number of hydrogen-bond donors (Lipinski definition) is 2. The quantitative estimate of drug-likeness (QED) is 0.465. The van der Waals surface area contributed by atoms with Gasteiger partial charge in [-0.15, -0.1) is 0 Å². The molecular formula is C9H10F4N2. The van der Waals surface area contributed by atoms with Crippen molar-refractivity contribution in [3.8, 4) is 0 Å². The maximum Gasteiger partial charge on any atom is 0.416 e. The van der Waals surface area contributed by atoms with Crippen LogP contribution < -0.4 is 11.3 Å². The molecule has 0 aliphatic heterocycles. The van der Waals surface area contributed by atoms with Crippen molar-refractivity contribution in [1.29, 1.82) is 0 Å². The van der Waals surface area contributed by atoms with Gasteiger partial charge >= 0.3 is 6.18 Å². The van der Waals surface area contributed by atoms with Crippen molar-refractivity contribution < 1.29 is 17.6 Å². The Balaban J connectivity index is 2.88. The van der Waals surface area contributed by atoms with Crippen LogP contribution in [0.25, 0.3) is 0 Å². The third-order valence-electron chi connectivity index (χ3n) is 1.92. The van der Waals surface area contributed by atoms with Crippen LogP contribution in [-0.2, 0) is 12.6 Å². The topological polar surface area (TPSA) is 38.0 Å². The summed E-state index contributed by atoms with van der Waals surface area (Å²) < 4.78 is 49.6. The van der Waals surface area contributed by atoms with E-state index in [4.69, 9.17) is 5.84 Å². The lowest BCUT2D eigenvalue weighted by Gasteiger charge is -2.08. The predicted octanol–water partition coefficient (Wildman–Crippen LogP) is 1.85. The van der Waals surface area contributed by atoms with Crippen molar-refractivity contribution in [3.05, 3.63) is 35.1 Å². The molecule has 3 N–H and O–H groups in total. The summed E-state index contributed by atoms with van der Waals surface area (Å²) in [6.45, 7) is 0.308. The summed E-state index contributed by atoms with van der Waals surface area (Å²) in [5, 5.41) is 0. The summed E-state index contributed by atoms with van der Waals surface area (Å²) in [7, 11) is 0. The molecule has 0 atom stereocenters. The molecule has 0 heterocycles. The first kappa shape index (κ1) is 11.9. The highest BCUT2D eigenvalue weighted by Crippen LogP contribution is 2.30. The van der Waals surface area contributed by atoms with Gasteiger partial charge in [0.15, 0.2) is 0 Å². The molecule has 0 unspecified atom stereocenters. The van der Waals surface area contributed by atoms with Crippen LogP contribution in [0.5, 0.6) is 0 Å². The second kappa shape index (κ2) is 4.59. The molecule has 0 saturated heterocycles. The molecule has 6 heteroatoms. The number of nitrogens with one attached hydrogen (secondary N) is 1. The molecule has 2 nitrogen and oxygen atoms in total. The van der Waals surface area contributed by atoms with Gasteiger partial charge in [-0.3, -0.25) is 11.3 Å². The Hall–Kier alpha value is -1.14. The summed E-state index contributed by atoms with van der Waals surface area (Å²) >= 11 is 0. The van der Waals surface area contributed by atoms with Crippen molar-refractivity contribution in [2.45, 2.75) is 12.6 Å². The number of alkyl halides is 3. The van der Waals surface area contributed by atoms with Gasteiger partial charge in [-0.2, -0.15) is 13.2 Å². The van der Waals surface area contributed by atoms with Gasteiger partial charge in [0.1, 0.15) is 5.82 Å². The first-order valence-electron chi connectivity index (χ1n) is 4.24. The highest BCUT2D eigenvalue weighted by Gasteiger charge is 2.30. The average Bonchev–Trinajstić information content (AvgIpc) is 2.14. The molecule has 1 aromatic carbocycles. The van der Waals surface area contributed by atoms with Gasteiger partial charge in [0.2, 0.25) is 0 Å². The number of hydrogen-bond acceptors (Lipinski definition) is 2. The third kappa shape index (κ3) is 3.17. The summed E-state index contributed by atoms with van der Waals surface area (Å²) in [6, 6.07) is 2.47. The fraction of sp³-hybridized carbons (Fsp3) is 0.333. The van der Waals surface area contributed by atoms with E-state index >= 15 is 0 Å². The summed E-state index contributed by atoms with van der Waals surface area (Å²) in [4.78, 5) is 0. The third-order valence-corrected chi connectivity index (χ3v) is 1.92. The molecule has 0 aromatic heterocycles. The van der Waals surface area contributed by atoms with Gasteiger partial charge in [-0.25, -0.2) is 4.39 Å². The van der Waals surface area contributed by atoms with Crippen LogP contribution in [-0.4, -0.2) is 6.54 Å². The lowest BCUT2D eigenvalue weighted by Crippen LogP contribution is -2.24. The van der Waals surface area contributed by atoms with Crippen molar-refractivity contribution >= 4 is 0 Å². The number of benzene rings is 1. The fourth-order valence-electron chi connectivity index (χ4n) is 1.13. The Morgan fingerprint density at radius 1 is 1.27 bits per heavy atom. The maximum absolute atomic E-state index is 13.1. The molecule has 1 rings (SSSR count). The van der Waals surface area contributed by atoms with Crippen molar-refractivity contribution in [3.63, 3.8) is 0 Å². The van der Waals surface area contributed by atoms with Crippen molar-refractivity contribution in [2.24, 2.45) is 5.84 Å². The average molecular weight is 222 g/mol. The molecule has 0 bridgehead atoms. The fourth-order valence-corrected chi connectivity index (χ4v) is 1.13. The zero-order valence-electron chi connectivity index (χ0n) is 7.74. The van der Waals surface area contributed by atoms with E-state index in [2.05, 4.69) is 5.43 Å². The number of rotatable bonds is 3. The summed E-state index contributed by atoms with van der Waals surface area (Å²) in [6.07, 6.45) is -4.26. The summed E-state index contributed by atoms with van der Waals surface area (Å²) in [5.74, 6) is 4.11. The van der Waals surface area contributed by atoms with Gasteiger partial charge in [-0.1, -0.05) is 6.07 Å². The van der Waals surface area contributed by atoms with Crippen LogP contribution in [0.3, 0.4) is 0 Å².